The van der Waals surface area contributed by atoms with Crippen molar-refractivity contribution in [3.8, 4) is 5.75 Å². The molecule has 6 nitrogen and oxygen atoms in total. The molecule has 3 N–H and O–H groups in total. The molecule has 0 aliphatic heterocycles. The second-order valence-corrected chi connectivity index (χ2v) is 6.45. The standard InChI is InChI=1S/C20H23N3O3S/c1-4-26-17-11-6-5-10-16(17)19(25)23-20(27)22-15-9-7-8-14(12-15)18(24)21-13(2)3/h5-13H,4H2,1-3H3,(H,21,24)(H2,22,23,25,27). The minimum Gasteiger partial charge on any atom is -0.493 e. The summed E-state index contributed by atoms with van der Waals surface area (Å²) < 4.78 is 5.46. The largest absolute Gasteiger partial charge is 0.493 e. The minimum atomic E-state index is -0.370. The number of nitrogens with one attached hydrogen (secondary N) is 3. The fourth-order valence-electron chi connectivity index (χ4n) is 2.35. The Morgan fingerprint density at radius 2 is 1.81 bits per heavy atom. The monoisotopic (exact) mass is 385 g/mol. The molecule has 2 rings (SSSR count). The van der Waals surface area contributed by atoms with Crippen LogP contribution in [0.15, 0.2) is 48.5 Å². The van der Waals surface area contributed by atoms with Crippen LogP contribution in [0, 0.1) is 0 Å². The Kier molecular flexibility index (Phi) is 7.31. The van der Waals surface area contributed by atoms with E-state index in [9.17, 15) is 9.59 Å². The first-order valence-corrected chi connectivity index (χ1v) is 9.06. The van der Waals surface area contributed by atoms with Crippen LogP contribution < -0.4 is 20.7 Å². The van der Waals surface area contributed by atoms with Crippen LogP contribution in [0.2, 0.25) is 0 Å². The highest BCUT2D eigenvalue weighted by Gasteiger charge is 2.14. The summed E-state index contributed by atoms with van der Waals surface area (Å²) >= 11 is 5.21. The molecule has 0 aliphatic rings. The molecule has 0 unspecified atom stereocenters. The van der Waals surface area contributed by atoms with Crippen molar-refractivity contribution in [3.63, 3.8) is 0 Å². The van der Waals surface area contributed by atoms with Crippen LogP contribution in [0.1, 0.15) is 41.5 Å². The minimum absolute atomic E-state index is 0.0416. The highest BCUT2D eigenvalue weighted by atomic mass is 32.1. The quantitative estimate of drug-likeness (QED) is 0.665. The van der Waals surface area contributed by atoms with Crippen molar-refractivity contribution >= 4 is 34.8 Å². The topological polar surface area (TPSA) is 79.5 Å². The molecule has 0 bridgehead atoms. The molecule has 2 amide bonds. The fourth-order valence-corrected chi connectivity index (χ4v) is 2.56. The Balaban J connectivity index is 2.04. The average molecular weight is 385 g/mol. The number of carbonyl (C=O) groups is 2. The van der Waals surface area contributed by atoms with Gasteiger partial charge in [0.15, 0.2) is 5.11 Å². The van der Waals surface area contributed by atoms with Crippen molar-refractivity contribution in [1.82, 2.24) is 10.6 Å². The van der Waals surface area contributed by atoms with Gasteiger partial charge in [0.2, 0.25) is 0 Å². The van der Waals surface area contributed by atoms with Gasteiger partial charge in [-0.2, -0.15) is 0 Å². The Bertz CT molecular complexity index is 837. The molecular weight excluding hydrogens is 362 g/mol. The van der Waals surface area contributed by atoms with Crippen molar-refractivity contribution in [1.29, 1.82) is 0 Å². The van der Waals surface area contributed by atoms with Gasteiger partial charge in [0.25, 0.3) is 11.8 Å². The summed E-state index contributed by atoms with van der Waals surface area (Å²) in [5.74, 6) is -0.0489. The molecule has 0 heterocycles. The van der Waals surface area contributed by atoms with Crippen molar-refractivity contribution in [3.05, 3.63) is 59.7 Å². The van der Waals surface area contributed by atoms with Gasteiger partial charge in [-0.15, -0.1) is 0 Å². The van der Waals surface area contributed by atoms with Gasteiger partial charge in [0, 0.05) is 17.3 Å². The number of anilines is 1. The number of hydrogen-bond donors (Lipinski definition) is 3. The normalized spacial score (nSPS) is 10.2. The maximum atomic E-state index is 12.5. The average Bonchev–Trinajstić information content (AvgIpc) is 2.62. The van der Waals surface area contributed by atoms with E-state index < -0.39 is 0 Å². The third-order valence-corrected chi connectivity index (χ3v) is 3.67. The first-order chi connectivity index (χ1) is 12.9. The number of thiocarbonyl (C=S) groups is 1. The van der Waals surface area contributed by atoms with Crippen LogP contribution in [0.5, 0.6) is 5.75 Å². The van der Waals surface area contributed by atoms with E-state index in [-0.39, 0.29) is 23.0 Å². The van der Waals surface area contributed by atoms with E-state index in [1.165, 1.54) is 0 Å². The lowest BCUT2D eigenvalue weighted by molar-refractivity contribution is 0.0940. The molecular formula is C20H23N3O3S. The second-order valence-electron chi connectivity index (χ2n) is 6.05. The molecule has 0 spiro atoms. The number of rotatable bonds is 6. The van der Waals surface area contributed by atoms with Crippen LogP contribution in [0.25, 0.3) is 0 Å². The van der Waals surface area contributed by atoms with E-state index in [4.69, 9.17) is 17.0 Å². The Morgan fingerprint density at radius 3 is 2.52 bits per heavy atom. The SMILES string of the molecule is CCOc1ccccc1C(=O)NC(=S)Nc1cccc(C(=O)NC(C)C)c1. The highest BCUT2D eigenvalue weighted by Crippen LogP contribution is 2.18. The summed E-state index contributed by atoms with van der Waals surface area (Å²) in [6, 6.07) is 13.9. The molecule has 0 saturated carbocycles. The van der Waals surface area contributed by atoms with Gasteiger partial charge in [0.1, 0.15) is 5.75 Å². The van der Waals surface area contributed by atoms with Gasteiger partial charge < -0.3 is 15.4 Å². The zero-order chi connectivity index (χ0) is 19.8. The molecule has 2 aromatic rings. The smallest absolute Gasteiger partial charge is 0.261 e. The number of hydrogen-bond acceptors (Lipinski definition) is 4. The number of para-hydroxylation sites is 1. The maximum absolute atomic E-state index is 12.5. The Morgan fingerprint density at radius 1 is 1.07 bits per heavy atom. The van der Waals surface area contributed by atoms with Crippen molar-refractivity contribution in [2.75, 3.05) is 11.9 Å². The highest BCUT2D eigenvalue weighted by molar-refractivity contribution is 7.80. The molecule has 142 valence electrons. The van der Waals surface area contributed by atoms with Crippen LogP contribution in [0.4, 0.5) is 5.69 Å². The van der Waals surface area contributed by atoms with E-state index in [1.54, 1.807) is 48.5 Å². The van der Waals surface area contributed by atoms with Gasteiger partial charge in [0.05, 0.1) is 12.2 Å². The maximum Gasteiger partial charge on any atom is 0.261 e. The molecule has 0 saturated heterocycles. The Hall–Kier alpha value is -2.93. The lowest BCUT2D eigenvalue weighted by Gasteiger charge is -2.13. The lowest BCUT2D eigenvalue weighted by Crippen LogP contribution is -2.34. The molecule has 0 atom stereocenters. The fraction of sp³-hybridized carbons (Fsp3) is 0.250. The van der Waals surface area contributed by atoms with E-state index in [0.29, 0.717) is 29.2 Å². The lowest BCUT2D eigenvalue weighted by atomic mass is 10.1. The number of carbonyl (C=O) groups excluding carboxylic acids is 2. The van der Waals surface area contributed by atoms with Crippen molar-refractivity contribution in [2.45, 2.75) is 26.8 Å². The van der Waals surface area contributed by atoms with Crippen LogP contribution >= 0.6 is 12.2 Å². The zero-order valence-electron chi connectivity index (χ0n) is 15.5. The first kappa shape index (κ1) is 20.4. The van der Waals surface area contributed by atoms with E-state index in [2.05, 4.69) is 16.0 Å². The van der Waals surface area contributed by atoms with Crippen molar-refractivity contribution in [2.24, 2.45) is 0 Å². The van der Waals surface area contributed by atoms with Gasteiger partial charge in [-0.1, -0.05) is 18.2 Å². The molecule has 0 aromatic heterocycles. The molecule has 27 heavy (non-hydrogen) atoms. The van der Waals surface area contributed by atoms with E-state index in [0.717, 1.165) is 0 Å². The first-order valence-electron chi connectivity index (χ1n) is 8.65. The predicted molar refractivity (Wildman–Crippen MR) is 110 cm³/mol. The van der Waals surface area contributed by atoms with E-state index in [1.807, 2.05) is 20.8 Å². The number of ether oxygens (including phenoxy) is 1. The molecule has 7 heteroatoms. The summed E-state index contributed by atoms with van der Waals surface area (Å²) in [6.45, 7) is 6.09. The van der Waals surface area contributed by atoms with Gasteiger partial charge in [-0.05, 0) is 63.3 Å². The third-order valence-electron chi connectivity index (χ3n) is 3.46. The van der Waals surface area contributed by atoms with Crippen LogP contribution in [-0.2, 0) is 0 Å². The molecule has 0 aliphatic carbocycles. The van der Waals surface area contributed by atoms with E-state index >= 15 is 0 Å². The van der Waals surface area contributed by atoms with Crippen LogP contribution in [-0.4, -0.2) is 29.6 Å². The summed E-state index contributed by atoms with van der Waals surface area (Å²) in [5, 5.41) is 8.51. The summed E-state index contributed by atoms with van der Waals surface area (Å²) in [5.41, 5.74) is 1.51. The molecule has 0 fully saturated rings. The second kappa shape index (κ2) is 9.68. The number of benzene rings is 2. The Labute approximate surface area is 164 Å². The van der Waals surface area contributed by atoms with Gasteiger partial charge in [-0.3, -0.25) is 14.9 Å². The number of amides is 2. The molecule has 0 radical (unpaired) electrons. The van der Waals surface area contributed by atoms with Crippen LogP contribution in [0.3, 0.4) is 0 Å². The summed E-state index contributed by atoms with van der Waals surface area (Å²) in [4.78, 5) is 24.6. The molecule has 2 aromatic carbocycles. The third kappa shape index (κ3) is 6.07. The summed E-state index contributed by atoms with van der Waals surface area (Å²) in [7, 11) is 0. The van der Waals surface area contributed by atoms with Gasteiger partial charge in [-0.25, -0.2) is 0 Å². The predicted octanol–water partition coefficient (Wildman–Crippen LogP) is 3.35. The van der Waals surface area contributed by atoms with Gasteiger partial charge >= 0.3 is 0 Å². The summed E-state index contributed by atoms with van der Waals surface area (Å²) in [6.07, 6.45) is 0. The van der Waals surface area contributed by atoms with Crippen molar-refractivity contribution < 1.29 is 14.3 Å². The zero-order valence-corrected chi connectivity index (χ0v) is 16.4.